The number of likely N-dealkylation sites (tertiary alicyclic amines) is 1. The van der Waals surface area contributed by atoms with Crippen molar-refractivity contribution >= 4 is 51.4 Å². The maximum Gasteiger partial charge on any atom is 0.294 e. The summed E-state index contributed by atoms with van der Waals surface area (Å²) in [4.78, 5) is 51.7. The number of imide groups is 1. The van der Waals surface area contributed by atoms with E-state index in [1.54, 1.807) is 29.2 Å². The third-order valence-corrected chi connectivity index (χ3v) is 7.28. The largest absolute Gasteiger partial charge is 0.488 e. The minimum atomic E-state index is -0.503. The van der Waals surface area contributed by atoms with Crippen molar-refractivity contribution in [3.8, 4) is 5.75 Å². The zero-order valence-corrected chi connectivity index (χ0v) is 20.6. The number of nitro benzene ring substituents is 1. The van der Waals surface area contributed by atoms with Crippen molar-refractivity contribution in [3.63, 3.8) is 0 Å². The number of amides is 3. The first-order valence-electron chi connectivity index (χ1n) is 11.8. The average Bonchev–Trinajstić information content (AvgIpc) is 3.53. The van der Waals surface area contributed by atoms with Crippen LogP contribution in [0.25, 0.3) is 16.8 Å². The number of benzene rings is 3. The molecular formula is C27H23N3O6S. The molecule has 0 N–H and O–H groups in total. The number of ether oxygens (including phenoxy) is 1. The highest BCUT2D eigenvalue weighted by atomic mass is 32.2. The lowest BCUT2D eigenvalue weighted by molar-refractivity contribution is -0.384. The van der Waals surface area contributed by atoms with E-state index in [-0.39, 0.29) is 29.7 Å². The molecule has 2 aliphatic rings. The van der Waals surface area contributed by atoms with Crippen molar-refractivity contribution < 1.29 is 24.0 Å². The highest BCUT2D eigenvalue weighted by Gasteiger charge is 2.37. The summed E-state index contributed by atoms with van der Waals surface area (Å²) < 4.78 is 6.07. The van der Waals surface area contributed by atoms with Crippen LogP contribution in [0.1, 0.15) is 24.0 Å². The molecule has 3 aromatic carbocycles. The van der Waals surface area contributed by atoms with E-state index in [0.717, 1.165) is 45.8 Å². The third kappa shape index (κ3) is 5.19. The average molecular weight is 518 g/mol. The molecule has 3 amide bonds. The molecule has 2 heterocycles. The van der Waals surface area contributed by atoms with Gasteiger partial charge in [-0.2, -0.15) is 0 Å². The summed E-state index contributed by atoms with van der Waals surface area (Å²) in [6, 6.07) is 17.4. The maximum atomic E-state index is 13.1. The van der Waals surface area contributed by atoms with E-state index in [4.69, 9.17) is 4.74 Å². The number of hydrogen-bond acceptors (Lipinski definition) is 7. The van der Waals surface area contributed by atoms with E-state index >= 15 is 0 Å². The van der Waals surface area contributed by atoms with Gasteiger partial charge in [-0.1, -0.05) is 30.3 Å². The Morgan fingerprint density at radius 1 is 1.03 bits per heavy atom. The van der Waals surface area contributed by atoms with Crippen LogP contribution in [-0.2, 0) is 16.2 Å². The van der Waals surface area contributed by atoms with E-state index in [2.05, 4.69) is 0 Å². The summed E-state index contributed by atoms with van der Waals surface area (Å²) in [5.41, 5.74) is 1.37. The van der Waals surface area contributed by atoms with E-state index in [9.17, 15) is 24.5 Å². The molecule has 9 nitrogen and oxygen atoms in total. The van der Waals surface area contributed by atoms with Crippen LogP contribution in [-0.4, -0.2) is 51.4 Å². The fourth-order valence-corrected chi connectivity index (χ4v) is 5.21. The van der Waals surface area contributed by atoms with Gasteiger partial charge in [0.05, 0.1) is 9.83 Å². The van der Waals surface area contributed by atoms with E-state index in [0.29, 0.717) is 24.4 Å². The Hall–Kier alpha value is -4.18. The van der Waals surface area contributed by atoms with Gasteiger partial charge in [0, 0.05) is 30.8 Å². The lowest BCUT2D eigenvalue weighted by atomic mass is 10.0. The Kier molecular flexibility index (Phi) is 6.91. The molecule has 0 aliphatic carbocycles. The van der Waals surface area contributed by atoms with Gasteiger partial charge < -0.3 is 9.64 Å². The molecule has 0 aromatic heterocycles. The fourth-order valence-electron chi connectivity index (χ4n) is 4.39. The lowest BCUT2D eigenvalue weighted by Crippen LogP contribution is -2.40. The standard InChI is InChI=1S/C27H23N3O6S/c31-25(28-13-3-4-14-28)16-29-26(32)24(37-27(29)33)15-22-21-6-2-1-5-19(21)9-12-23(22)36-17-18-7-10-20(11-8-18)30(34)35/h1-2,5-12,15H,3-4,13-14,16-17H2/b24-15+. The molecule has 0 atom stereocenters. The van der Waals surface area contributed by atoms with Crippen LogP contribution in [0.3, 0.4) is 0 Å². The van der Waals surface area contributed by atoms with Gasteiger partial charge in [0.2, 0.25) is 5.91 Å². The number of fused-ring (bicyclic) bond motifs is 1. The second-order valence-corrected chi connectivity index (χ2v) is 9.76. The highest BCUT2D eigenvalue weighted by molar-refractivity contribution is 8.18. The highest BCUT2D eigenvalue weighted by Crippen LogP contribution is 2.37. The normalized spacial score (nSPS) is 16.7. The molecule has 0 spiro atoms. The quantitative estimate of drug-likeness (QED) is 0.247. The van der Waals surface area contributed by atoms with Crippen molar-refractivity contribution in [1.82, 2.24) is 9.80 Å². The first-order valence-corrected chi connectivity index (χ1v) is 12.6. The Morgan fingerprint density at radius 2 is 1.76 bits per heavy atom. The molecular weight excluding hydrogens is 494 g/mol. The molecule has 3 aromatic rings. The smallest absolute Gasteiger partial charge is 0.294 e. The first-order chi connectivity index (χ1) is 17.9. The predicted molar refractivity (Wildman–Crippen MR) is 140 cm³/mol. The number of rotatable bonds is 7. The number of nitrogens with zero attached hydrogens (tertiary/aromatic N) is 3. The van der Waals surface area contributed by atoms with Gasteiger partial charge in [0.25, 0.3) is 16.8 Å². The molecule has 10 heteroatoms. The van der Waals surface area contributed by atoms with Crippen LogP contribution in [0.2, 0.25) is 0 Å². The minimum absolute atomic E-state index is 0.00548. The second-order valence-electron chi connectivity index (χ2n) is 8.77. The van der Waals surface area contributed by atoms with E-state index < -0.39 is 16.1 Å². The van der Waals surface area contributed by atoms with Crippen molar-refractivity contribution in [2.45, 2.75) is 19.4 Å². The van der Waals surface area contributed by atoms with Gasteiger partial charge in [0.1, 0.15) is 18.9 Å². The Morgan fingerprint density at radius 3 is 2.49 bits per heavy atom. The van der Waals surface area contributed by atoms with Gasteiger partial charge in [-0.25, -0.2) is 0 Å². The number of non-ortho nitro benzene ring substituents is 1. The molecule has 2 fully saturated rings. The molecule has 188 valence electrons. The molecule has 37 heavy (non-hydrogen) atoms. The topological polar surface area (TPSA) is 110 Å². The molecule has 2 aliphatic heterocycles. The number of carbonyl (C=O) groups is 3. The summed E-state index contributed by atoms with van der Waals surface area (Å²) in [6.07, 6.45) is 3.49. The van der Waals surface area contributed by atoms with Crippen LogP contribution in [0.5, 0.6) is 5.75 Å². The van der Waals surface area contributed by atoms with Gasteiger partial charge in [0.15, 0.2) is 0 Å². The van der Waals surface area contributed by atoms with Gasteiger partial charge in [-0.15, -0.1) is 0 Å². The molecule has 0 unspecified atom stereocenters. The number of nitro groups is 1. The summed E-state index contributed by atoms with van der Waals surface area (Å²) in [6.45, 7) is 1.19. The monoisotopic (exact) mass is 517 g/mol. The molecule has 0 saturated carbocycles. The molecule has 5 rings (SSSR count). The van der Waals surface area contributed by atoms with Crippen molar-refractivity contribution in [1.29, 1.82) is 0 Å². The molecule has 0 bridgehead atoms. The van der Waals surface area contributed by atoms with Crippen molar-refractivity contribution in [2.75, 3.05) is 19.6 Å². The number of thioether (sulfide) groups is 1. The summed E-state index contributed by atoms with van der Waals surface area (Å²) >= 11 is 0.806. The van der Waals surface area contributed by atoms with Gasteiger partial charge in [-0.05, 0) is 65.2 Å². The Bertz CT molecular complexity index is 1430. The molecule has 0 radical (unpaired) electrons. The van der Waals surface area contributed by atoms with Crippen LogP contribution in [0.4, 0.5) is 10.5 Å². The summed E-state index contributed by atoms with van der Waals surface area (Å²) in [5.74, 6) is -0.230. The van der Waals surface area contributed by atoms with Gasteiger partial charge in [-0.3, -0.25) is 29.4 Å². The Balaban J connectivity index is 1.42. The fraction of sp³-hybridized carbons (Fsp3) is 0.222. The van der Waals surface area contributed by atoms with Gasteiger partial charge >= 0.3 is 0 Å². The minimum Gasteiger partial charge on any atom is -0.488 e. The molecule has 2 saturated heterocycles. The van der Waals surface area contributed by atoms with Crippen LogP contribution < -0.4 is 4.74 Å². The van der Waals surface area contributed by atoms with E-state index in [1.165, 1.54) is 12.1 Å². The van der Waals surface area contributed by atoms with Crippen LogP contribution in [0.15, 0.2) is 65.6 Å². The van der Waals surface area contributed by atoms with Crippen LogP contribution in [0, 0.1) is 10.1 Å². The number of carbonyl (C=O) groups excluding carboxylic acids is 3. The van der Waals surface area contributed by atoms with E-state index in [1.807, 2.05) is 30.3 Å². The van der Waals surface area contributed by atoms with Crippen molar-refractivity contribution in [2.24, 2.45) is 0 Å². The summed E-state index contributed by atoms with van der Waals surface area (Å²) in [5, 5.41) is 12.2. The Labute approximate surface area is 216 Å². The maximum absolute atomic E-state index is 13.1. The number of hydrogen-bond donors (Lipinski definition) is 0. The lowest BCUT2D eigenvalue weighted by Gasteiger charge is -2.18. The zero-order chi connectivity index (χ0) is 25.9. The third-order valence-electron chi connectivity index (χ3n) is 6.37. The predicted octanol–water partition coefficient (Wildman–Crippen LogP) is 4.99. The second kappa shape index (κ2) is 10.4. The van der Waals surface area contributed by atoms with Crippen molar-refractivity contribution in [3.05, 3.63) is 86.8 Å². The SMILES string of the molecule is O=C(CN1C(=O)S/C(=C/c2c(OCc3ccc([N+](=O)[O-])cc3)ccc3ccccc23)C1=O)N1CCCC1. The first kappa shape index (κ1) is 24.5. The summed E-state index contributed by atoms with van der Waals surface area (Å²) in [7, 11) is 0. The van der Waals surface area contributed by atoms with Crippen LogP contribution >= 0.6 is 11.8 Å². The zero-order valence-electron chi connectivity index (χ0n) is 19.8.